The molecule has 5 heteroatoms. The standard InChI is InChI=1S/C14H18N4O/c1-10(15)5-8-18(2)14(19)11-3-4-12-13(9-11)17-7-6-16-12/h3-4,6-7,9-10H,5,8,15H2,1-2H3. The molecular weight excluding hydrogens is 240 g/mol. The lowest BCUT2D eigenvalue weighted by molar-refractivity contribution is 0.0792. The fraction of sp³-hybridized carbons (Fsp3) is 0.357. The van der Waals surface area contributed by atoms with Gasteiger partial charge in [-0.05, 0) is 31.5 Å². The van der Waals surface area contributed by atoms with Gasteiger partial charge < -0.3 is 10.6 Å². The first-order valence-corrected chi connectivity index (χ1v) is 6.30. The van der Waals surface area contributed by atoms with Gasteiger partial charge in [0, 0.05) is 37.6 Å². The number of hydrogen-bond donors (Lipinski definition) is 1. The van der Waals surface area contributed by atoms with E-state index in [4.69, 9.17) is 5.73 Å². The second kappa shape index (κ2) is 5.75. The molecule has 5 nitrogen and oxygen atoms in total. The minimum Gasteiger partial charge on any atom is -0.342 e. The number of rotatable bonds is 4. The maximum Gasteiger partial charge on any atom is 0.253 e. The molecule has 1 amide bonds. The Kier molecular flexibility index (Phi) is 4.06. The summed E-state index contributed by atoms with van der Waals surface area (Å²) in [6.07, 6.45) is 4.05. The molecule has 1 heterocycles. The fourth-order valence-electron chi connectivity index (χ4n) is 1.82. The Balaban J connectivity index is 2.16. The number of aromatic nitrogens is 2. The van der Waals surface area contributed by atoms with Gasteiger partial charge in [-0.1, -0.05) is 0 Å². The monoisotopic (exact) mass is 258 g/mol. The molecule has 0 saturated heterocycles. The Hall–Kier alpha value is -2.01. The average Bonchev–Trinajstić information content (AvgIpc) is 2.43. The van der Waals surface area contributed by atoms with E-state index in [-0.39, 0.29) is 11.9 Å². The summed E-state index contributed by atoms with van der Waals surface area (Å²) in [7, 11) is 1.78. The van der Waals surface area contributed by atoms with Gasteiger partial charge in [0.1, 0.15) is 0 Å². The molecule has 100 valence electrons. The van der Waals surface area contributed by atoms with Crippen LogP contribution >= 0.6 is 0 Å². The maximum absolute atomic E-state index is 12.2. The van der Waals surface area contributed by atoms with E-state index in [9.17, 15) is 4.79 Å². The van der Waals surface area contributed by atoms with E-state index in [1.165, 1.54) is 0 Å². The average molecular weight is 258 g/mol. The lowest BCUT2D eigenvalue weighted by Crippen LogP contribution is -2.31. The van der Waals surface area contributed by atoms with Crippen LogP contribution in [0, 0.1) is 0 Å². The molecular formula is C14H18N4O. The van der Waals surface area contributed by atoms with Gasteiger partial charge in [0.2, 0.25) is 0 Å². The number of hydrogen-bond acceptors (Lipinski definition) is 4. The van der Waals surface area contributed by atoms with Crippen LogP contribution in [0.15, 0.2) is 30.6 Å². The van der Waals surface area contributed by atoms with Crippen LogP contribution in [0.5, 0.6) is 0 Å². The Bertz CT molecular complexity index is 582. The van der Waals surface area contributed by atoms with Crippen LogP contribution in [0.1, 0.15) is 23.7 Å². The number of nitrogens with two attached hydrogens (primary N) is 1. The minimum atomic E-state index is -0.0202. The van der Waals surface area contributed by atoms with E-state index in [0.717, 1.165) is 17.5 Å². The summed E-state index contributed by atoms with van der Waals surface area (Å²) < 4.78 is 0. The van der Waals surface area contributed by atoms with Crippen LogP contribution in [0.2, 0.25) is 0 Å². The van der Waals surface area contributed by atoms with Crippen molar-refractivity contribution in [2.45, 2.75) is 19.4 Å². The van der Waals surface area contributed by atoms with Gasteiger partial charge in [0.15, 0.2) is 0 Å². The molecule has 2 N–H and O–H groups in total. The second-order valence-corrected chi connectivity index (χ2v) is 4.75. The van der Waals surface area contributed by atoms with Crippen LogP contribution in [0.25, 0.3) is 11.0 Å². The number of carbonyl (C=O) groups is 1. The first-order valence-electron chi connectivity index (χ1n) is 6.30. The quantitative estimate of drug-likeness (QED) is 0.900. The molecule has 0 fully saturated rings. The first-order chi connectivity index (χ1) is 9.08. The summed E-state index contributed by atoms with van der Waals surface area (Å²) in [5.74, 6) is -0.0202. The summed E-state index contributed by atoms with van der Waals surface area (Å²) in [4.78, 5) is 22.3. The van der Waals surface area contributed by atoms with E-state index >= 15 is 0 Å². The van der Waals surface area contributed by atoms with E-state index in [0.29, 0.717) is 12.1 Å². The van der Waals surface area contributed by atoms with Crippen molar-refractivity contribution in [2.24, 2.45) is 5.73 Å². The maximum atomic E-state index is 12.2. The van der Waals surface area contributed by atoms with Gasteiger partial charge in [-0.15, -0.1) is 0 Å². The highest BCUT2D eigenvalue weighted by molar-refractivity contribution is 5.97. The zero-order chi connectivity index (χ0) is 13.8. The topological polar surface area (TPSA) is 72.1 Å². The molecule has 0 aliphatic heterocycles. The van der Waals surface area contributed by atoms with Crippen LogP contribution in [0.4, 0.5) is 0 Å². The molecule has 1 aromatic heterocycles. The van der Waals surface area contributed by atoms with Crippen molar-refractivity contribution in [1.29, 1.82) is 0 Å². The Morgan fingerprint density at radius 1 is 1.32 bits per heavy atom. The van der Waals surface area contributed by atoms with Crippen molar-refractivity contribution >= 4 is 16.9 Å². The van der Waals surface area contributed by atoms with Crippen LogP contribution in [-0.2, 0) is 0 Å². The predicted octanol–water partition coefficient (Wildman–Crippen LogP) is 1.44. The molecule has 1 aromatic carbocycles. The zero-order valence-electron chi connectivity index (χ0n) is 11.2. The van der Waals surface area contributed by atoms with E-state index in [1.807, 2.05) is 13.0 Å². The summed E-state index contributed by atoms with van der Waals surface area (Å²) >= 11 is 0. The highest BCUT2D eigenvalue weighted by Crippen LogP contribution is 2.12. The lowest BCUT2D eigenvalue weighted by Gasteiger charge is -2.18. The Morgan fingerprint density at radius 2 is 2.00 bits per heavy atom. The van der Waals surface area contributed by atoms with Crippen LogP contribution in [-0.4, -0.2) is 40.4 Å². The van der Waals surface area contributed by atoms with Crippen molar-refractivity contribution in [3.63, 3.8) is 0 Å². The largest absolute Gasteiger partial charge is 0.342 e. The molecule has 19 heavy (non-hydrogen) atoms. The number of fused-ring (bicyclic) bond motifs is 1. The van der Waals surface area contributed by atoms with Gasteiger partial charge >= 0.3 is 0 Å². The molecule has 2 rings (SSSR count). The first kappa shape index (κ1) is 13.4. The third kappa shape index (κ3) is 3.26. The third-order valence-corrected chi connectivity index (χ3v) is 2.98. The number of nitrogens with zero attached hydrogens (tertiary/aromatic N) is 3. The van der Waals surface area contributed by atoms with Crippen molar-refractivity contribution < 1.29 is 4.79 Å². The molecule has 0 aliphatic carbocycles. The SMILES string of the molecule is CC(N)CCN(C)C(=O)c1ccc2nccnc2c1. The summed E-state index contributed by atoms with van der Waals surface area (Å²) in [5.41, 5.74) is 7.84. The number of carbonyl (C=O) groups excluding carboxylic acids is 1. The summed E-state index contributed by atoms with van der Waals surface area (Å²) in [6, 6.07) is 5.46. The molecule has 1 atom stereocenters. The smallest absolute Gasteiger partial charge is 0.253 e. The summed E-state index contributed by atoms with van der Waals surface area (Å²) in [5, 5.41) is 0. The molecule has 0 radical (unpaired) electrons. The molecule has 0 bridgehead atoms. The number of amides is 1. The van der Waals surface area contributed by atoms with Gasteiger partial charge in [-0.3, -0.25) is 14.8 Å². The molecule has 0 spiro atoms. The second-order valence-electron chi connectivity index (χ2n) is 4.75. The third-order valence-electron chi connectivity index (χ3n) is 2.98. The summed E-state index contributed by atoms with van der Waals surface area (Å²) in [6.45, 7) is 2.58. The van der Waals surface area contributed by atoms with Crippen molar-refractivity contribution in [2.75, 3.05) is 13.6 Å². The van der Waals surface area contributed by atoms with E-state index in [1.54, 1.807) is 36.5 Å². The molecule has 1 unspecified atom stereocenters. The fourth-order valence-corrected chi connectivity index (χ4v) is 1.82. The van der Waals surface area contributed by atoms with Crippen molar-refractivity contribution in [3.05, 3.63) is 36.2 Å². The van der Waals surface area contributed by atoms with Gasteiger partial charge in [0.25, 0.3) is 5.91 Å². The van der Waals surface area contributed by atoms with E-state index < -0.39 is 0 Å². The van der Waals surface area contributed by atoms with E-state index in [2.05, 4.69) is 9.97 Å². The molecule has 0 aliphatic rings. The van der Waals surface area contributed by atoms with Gasteiger partial charge in [-0.2, -0.15) is 0 Å². The lowest BCUT2D eigenvalue weighted by atomic mass is 10.1. The highest BCUT2D eigenvalue weighted by Gasteiger charge is 2.12. The molecule has 2 aromatic rings. The minimum absolute atomic E-state index is 0.0202. The van der Waals surface area contributed by atoms with Crippen LogP contribution < -0.4 is 5.73 Å². The predicted molar refractivity (Wildman–Crippen MR) is 74.8 cm³/mol. The highest BCUT2D eigenvalue weighted by atomic mass is 16.2. The van der Waals surface area contributed by atoms with Gasteiger partial charge in [0.05, 0.1) is 11.0 Å². The van der Waals surface area contributed by atoms with Gasteiger partial charge in [-0.25, -0.2) is 0 Å². The zero-order valence-corrected chi connectivity index (χ0v) is 11.2. The molecule has 0 saturated carbocycles. The number of benzene rings is 1. The normalized spacial score (nSPS) is 12.4. The van der Waals surface area contributed by atoms with Crippen molar-refractivity contribution in [3.8, 4) is 0 Å². The Labute approximate surface area is 112 Å². The van der Waals surface area contributed by atoms with Crippen molar-refractivity contribution in [1.82, 2.24) is 14.9 Å². The van der Waals surface area contributed by atoms with Crippen LogP contribution in [0.3, 0.4) is 0 Å². The Morgan fingerprint density at radius 3 is 2.68 bits per heavy atom.